The van der Waals surface area contributed by atoms with E-state index in [-0.39, 0.29) is 11.6 Å². The summed E-state index contributed by atoms with van der Waals surface area (Å²) in [7, 11) is 1.61. The van der Waals surface area contributed by atoms with E-state index in [4.69, 9.17) is 16.3 Å². The molecule has 0 aliphatic carbocycles. The van der Waals surface area contributed by atoms with Gasteiger partial charge in [-0.05, 0) is 55.0 Å². The number of nitrogens with one attached hydrogen (secondary N) is 2. The number of carbonyl (C=O) groups is 1. The highest BCUT2D eigenvalue weighted by Gasteiger charge is 2.10. The lowest BCUT2D eigenvalue weighted by Crippen LogP contribution is -2.15. The fraction of sp³-hybridized carbons (Fsp3) is 0.105. The number of aromatic nitrogens is 2. The lowest BCUT2D eigenvalue weighted by molar-refractivity contribution is 0.102. The zero-order valence-corrected chi connectivity index (χ0v) is 15.0. The van der Waals surface area contributed by atoms with E-state index in [2.05, 4.69) is 20.6 Å². The number of hydrogen-bond acceptors (Lipinski definition) is 5. The molecule has 132 valence electrons. The Hall–Kier alpha value is -3.12. The Balaban J connectivity index is 1.67. The van der Waals surface area contributed by atoms with Crippen LogP contribution in [-0.2, 0) is 0 Å². The average Bonchev–Trinajstić information content (AvgIpc) is 2.65. The Kier molecular flexibility index (Phi) is 5.34. The molecule has 3 rings (SSSR count). The van der Waals surface area contributed by atoms with Crippen LogP contribution in [0.2, 0.25) is 5.02 Å². The van der Waals surface area contributed by atoms with Crippen LogP contribution in [-0.4, -0.2) is 23.0 Å². The van der Waals surface area contributed by atoms with Crippen LogP contribution in [0.15, 0.2) is 54.9 Å². The van der Waals surface area contributed by atoms with E-state index in [0.29, 0.717) is 16.5 Å². The van der Waals surface area contributed by atoms with Crippen LogP contribution in [0, 0.1) is 6.92 Å². The number of rotatable bonds is 5. The Morgan fingerprint density at radius 2 is 1.85 bits per heavy atom. The molecule has 0 unspecified atom stereocenters. The summed E-state index contributed by atoms with van der Waals surface area (Å²) in [6.07, 6.45) is 2.93. The number of ether oxygens (including phenoxy) is 1. The van der Waals surface area contributed by atoms with Crippen molar-refractivity contribution < 1.29 is 9.53 Å². The number of methoxy groups -OCH3 is 1. The number of nitrogens with zero attached hydrogens (tertiary/aromatic N) is 2. The lowest BCUT2D eigenvalue weighted by atomic mass is 10.2. The molecule has 7 heteroatoms. The predicted octanol–water partition coefficient (Wildman–Crippen LogP) is 4.44. The van der Waals surface area contributed by atoms with Gasteiger partial charge in [0, 0.05) is 16.4 Å². The van der Waals surface area contributed by atoms with E-state index < -0.39 is 0 Å². The standard InChI is InChI=1S/C19H17ClN4O2/c1-12-9-13(20)3-8-16(12)24-19(25)17-10-22-18(11-21-17)23-14-4-6-15(26-2)7-5-14/h3-11H,1-2H3,(H,22,23)(H,24,25). The number of hydrogen-bond donors (Lipinski definition) is 2. The summed E-state index contributed by atoms with van der Waals surface area (Å²) in [6, 6.07) is 12.7. The third kappa shape index (κ3) is 4.29. The van der Waals surface area contributed by atoms with Crippen molar-refractivity contribution in [3.05, 3.63) is 71.1 Å². The second-order valence-electron chi connectivity index (χ2n) is 5.55. The molecule has 2 aromatic carbocycles. The molecule has 2 N–H and O–H groups in total. The molecule has 0 fully saturated rings. The molecule has 0 aliphatic heterocycles. The molecule has 6 nitrogen and oxygen atoms in total. The maximum Gasteiger partial charge on any atom is 0.275 e. The second kappa shape index (κ2) is 7.84. The minimum atomic E-state index is -0.334. The van der Waals surface area contributed by atoms with Crippen LogP contribution in [0.3, 0.4) is 0 Å². The first-order valence-electron chi connectivity index (χ1n) is 7.86. The summed E-state index contributed by atoms with van der Waals surface area (Å²) in [4.78, 5) is 20.7. The van der Waals surface area contributed by atoms with Gasteiger partial charge in [0.2, 0.25) is 0 Å². The minimum absolute atomic E-state index is 0.222. The van der Waals surface area contributed by atoms with Gasteiger partial charge in [-0.3, -0.25) is 4.79 Å². The smallest absolute Gasteiger partial charge is 0.275 e. The highest BCUT2D eigenvalue weighted by molar-refractivity contribution is 6.30. The Labute approximate surface area is 156 Å². The summed E-state index contributed by atoms with van der Waals surface area (Å²) >= 11 is 5.92. The maximum absolute atomic E-state index is 12.3. The van der Waals surface area contributed by atoms with Gasteiger partial charge in [-0.1, -0.05) is 11.6 Å². The van der Waals surface area contributed by atoms with Gasteiger partial charge in [-0.15, -0.1) is 0 Å². The van der Waals surface area contributed by atoms with Crippen LogP contribution in [0.1, 0.15) is 16.1 Å². The Morgan fingerprint density at radius 3 is 2.46 bits per heavy atom. The van der Waals surface area contributed by atoms with Gasteiger partial charge in [0.05, 0.1) is 19.5 Å². The largest absolute Gasteiger partial charge is 0.497 e. The van der Waals surface area contributed by atoms with Gasteiger partial charge in [-0.25, -0.2) is 9.97 Å². The quantitative estimate of drug-likeness (QED) is 0.696. The molecule has 0 radical (unpaired) electrons. The summed E-state index contributed by atoms with van der Waals surface area (Å²) in [5.41, 5.74) is 2.62. The van der Waals surface area contributed by atoms with Gasteiger partial charge in [0.15, 0.2) is 0 Å². The third-order valence-corrected chi connectivity index (χ3v) is 3.92. The zero-order valence-electron chi connectivity index (χ0n) is 14.3. The van der Waals surface area contributed by atoms with Crippen LogP contribution in [0.25, 0.3) is 0 Å². The van der Waals surface area contributed by atoms with Gasteiger partial charge in [-0.2, -0.15) is 0 Å². The van der Waals surface area contributed by atoms with Gasteiger partial charge >= 0.3 is 0 Å². The molecular formula is C19H17ClN4O2. The molecule has 3 aromatic rings. The SMILES string of the molecule is COc1ccc(Nc2cnc(C(=O)Nc3ccc(Cl)cc3C)cn2)cc1. The Bertz CT molecular complexity index is 912. The summed E-state index contributed by atoms with van der Waals surface area (Å²) in [5, 5.41) is 6.53. The van der Waals surface area contributed by atoms with E-state index in [9.17, 15) is 4.79 Å². The summed E-state index contributed by atoms with van der Waals surface area (Å²) in [6.45, 7) is 1.87. The van der Waals surface area contributed by atoms with Crippen molar-refractivity contribution in [2.75, 3.05) is 17.7 Å². The molecule has 0 aliphatic rings. The molecule has 0 bridgehead atoms. The highest BCUT2D eigenvalue weighted by atomic mass is 35.5. The van der Waals surface area contributed by atoms with Crippen LogP contribution >= 0.6 is 11.6 Å². The van der Waals surface area contributed by atoms with Crippen LogP contribution in [0.5, 0.6) is 5.75 Å². The van der Waals surface area contributed by atoms with Gasteiger partial charge in [0.1, 0.15) is 17.3 Å². The number of carbonyl (C=O) groups excluding carboxylic acids is 1. The van der Waals surface area contributed by atoms with Gasteiger partial charge < -0.3 is 15.4 Å². The topological polar surface area (TPSA) is 76.1 Å². The number of anilines is 3. The van der Waals surface area contributed by atoms with E-state index >= 15 is 0 Å². The molecule has 0 saturated carbocycles. The molecule has 1 aromatic heterocycles. The fourth-order valence-corrected chi connectivity index (χ4v) is 2.51. The van der Waals surface area contributed by atoms with Crippen molar-refractivity contribution in [1.29, 1.82) is 0 Å². The highest BCUT2D eigenvalue weighted by Crippen LogP contribution is 2.21. The van der Waals surface area contributed by atoms with E-state index in [1.807, 2.05) is 31.2 Å². The first-order chi connectivity index (χ1) is 12.5. The van der Waals surface area contributed by atoms with E-state index in [0.717, 1.165) is 17.0 Å². The minimum Gasteiger partial charge on any atom is -0.497 e. The summed E-state index contributed by atoms with van der Waals surface area (Å²) in [5.74, 6) is 0.972. The van der Waals surface area contributed by atoms with Crippen molar-refractivity contribution in [2.24, 2.45) is 0 Å². The van der Waals surface area contributed by atoms with Crippen molar-refractivity contribution in [2.45, 2.75) is 6.92 Å². The fourth-order valence-electron chi connectivity index (χ4n) is 2.29. The molecule has 0 spiro atoms. The first-order valence-corrected chi connectivity index (χ1v) is 8.23. The van der Waals surface area contributed by atoms with Crippen LogP contribution < -0.4 is 15.4 Å². The van der Waals surface area contributed by atoms with E-state index in [1.54, 1.807) is 25.3 Å². The first kappa shape index (κ1) is 17.7. The number of benzene rings is 2. The Morgan fingerprint density at radius 1 is 1.08 bits per heavy atom. The average molecular weight is 369 g/mol. The molecule has 26 heavy (non-hydrogen) atoms. The lowest BCUT2D eigenvalue weighted by Gasteiger charge is -2.09. The maximum atomic E-state index is 12.3. The number of amides is 1. The van der Waals surface area contributed by atoms with Crippen molar-refractivity contribution >= 4 is 34.7 Å². The molecule has 1 heterocycles. The number of halogens is 1. The monoisotopic (exact) mass is 368 g/mol. The van der Waals surface area contributed by atoms with Crippen molar-refractivity contribution in [1.82, 2.24) is 9.97 Å². The molecule has 0 atom stereocenters. The third-order valence-electron chi connectivity index (χ3n) is 3.68. The van der Waals surface area contributed by atoms with Crippen molar-refractivity contribution in [3.63, 3.8) is 0 Å². The molecular weight excluding hydrogens is 352 g/mol. The molecule has 1 amide bonds. The van der Waals surface area contributed by atoms with E-state index in [1.165, 1.54) is 12.4 Å². The number of aryl methyl sites for hydroxylation is 1. The van der Waals surface area contributed by atoms with Crippen LogP contribution in [0.4, 0.5) is 17.2 Å². The predicted molar refractivity (Wildman–Crippen MR) is 102 cm³/mol. The normalized spacial score (nSPS) is 10.3. The second-order valence-corrected chi connectivity index (χ2v) is 5.99. The molecule has 0 saturated heterocycles. The summed E-state index contributed by atoms with van der Waals surface area (Å²) < 4.78 is 5.12. The zero-order chi connectivity index (χ0) is 18.5. The van der Waals surface area contributed by atoms with Crippen molar-refractivity contribution in [3.8, 4) is 5.75 Å². The van der Waals surface area contributed by atoms with Gasteiger partial charge in [0.25, 0.3) is 5.91 Å².